The maximum atomic E-state index is 13.0. The van der Waals surface area contributed by atoms with E-state index in [0.717, 1.165) is 32.3 Å². The predicted molar refractivity (Wildman–Crippen MR) is 128 cm³/mol. The van der Waals surface area contributed by atoms with Crippen molar-refractivity contribution in [1.82, 2.24) is 20.5 Å². The predicted octanol–water partition coefficient (Wildman–Crippen LogP) is 3.55. The molecule has 1 fully saturated rings. The minimum atomic E-state index is -1.18. The lowest BCUT2D eigenvalue weighted by Gasteiger charge is -2.22. The minimum Gasteiger partial charge on any atom is -0.354 e. The summed E-state index contributed by atoms with van der Waals surface area (Å²) in [6.07, 6.45) is 0.642. The van der Waals surface area contributed by atoms with Gasteiger partial charge in [-0.2, -0.15) is 0 Å². The van der Waals surface area contributed by atoms with Crippen LogP contribution in [-0.4, -0.2) is 40.8 Å². The number of rotatable bonds is 7. The average Bonchev–Trinajstić information content (AvgIpc) is 3.32. The van der Waals surface area contributed by atoms with Gasteiger partial charge < -0.3 is 10.6 Å². The first kappa shape index (κ1) is 22.7. The molecule has 8 heteroatoms. The molecule has 1 aliphatic rings. The second-order valence-corrected chi connectivity index (χ2v) is 9.42. The summed E-state index contributed by atoms with van der Waals surface area (Å²) in [6, 6.07) is 14.9. The fourth-order valence-corrected chi connectivity index (χ4v) is 4.43. The largest absolute Gasteiger partial charge is 0.354 e. The normalized spacial score (nSPS) is 17.8. The van der Waals surface area contributed by atoms with Crippen molar-refractivity contribution >= 4 is 29.2 Å². The molecule has 1 aromatic heterocycles. The molecule has 7 nitrogen and oxygen atoms in total. The molecule has 3 aromatic rings. The van der Waals surface area contributed by atoms with Crippen molar-refractivity contribution in [2.75, 3.05) is 13.1 Å². The summed E-state index contributed by atoms with van der Waals surface area (Å²) in [5.41, 5.74) is 3.66. The third-order valence-electron chi connectivity index (χ3n) is 5.81. The summed E-state index contributed by atoms with van der Waals surface area (Å²) in [5.74, 6) is -0.805. The van der Waals surface area contributed by atoms with Crippen molar-refractivity contribution in [2.45, 2.75) is 32.7 Å². The van der Waals surface area contributed by atoms with E-state index in [-0.39, 0.29) is 12.5 Å². The van der Waals surface area contributed by atoms with E-state index in [9.17, 15) is 14.4 Å². The molecule has 4 rings (SSSR count). The topological polar surface area (TPSA) is 91.4 Å². The Hall–Kier alpha value is -3.52. The number of nitrogens with zero attached hydrogens (tertiary/aromatic N) is 2. The Labute approximate surface area is 196 Å². The molecule has 1 saturated heterocycles. The van der Waals surface area contributed by atoms with Gasteiger partial charge in [-0.05, 0) is 38.3 Å². The van der Waals surface area contributed by atoms with Gasteiger partial charge in [0.2, 0.25) is 5.91 Å². The van der Waals surface area contributed by atoms with Crippen LogP contribution < -0.4 is 10.6 Å². The molecule has 2 N–H and O–H groups in total. The molecular weight excluding hydrogens is 436 g/mol. The first-order valence-electron chi connectivity index (χ1n) is 10.8. The van der Waals surface area contributed by atoms with Gasteiger partial charge in [-0.1, -0.05) is 54.1 Å². The van der Waals surface area contributed by atoms with E-state index in [2.05, 4.69) is 15.6 Å². The van der Waals surface area contributed by atoms with Crippen LogP contribution in [0.4, 0.5) is 4.79 Å². The Balaban J connectivity index is 1.30. The van der Waals surface area contributed by atoms with E-state index in [1.54, 1.807) is 18.3 Å². The second kappa shape index (κ2) is 9.15. The first-order chi connectivity index (χ1) is 15.8. The van der Waals surface area contributed by atoms with Gasteiger partial charge in [0, 0.05) is 17.5 Å². The summed E-state index contributed by atoms with van der Waals surface area (Å²) >= 11 is 1.62. The van der Waals surface area contributed by atoms with E-state index in [0.29, 0.717) is 18.5 Å². The second-order valence-electron chi connectivity index (χ2n) is 8.36. The Morgan fingerprint density at radius 3 is 2.42 bits per heavy atom. The lowest BCUT2D eigenvalue weighted by Crippen LogP contribution is -2.43. The number of benzene rings is 2. The summed E-state index contributed by atoms with van der Waals surface area (Å²) in [6.45, 7) is 5.69. The van der Waals surface area contributed by atoms with Crippen molar-refractivity contribution in [3.05, 3.63) is 75.6 Å². The lowest BCUT2D eigenvalue weighted by atomic mass is 9.91. The van der Waals surface area contributed by atoms with E-state index in [1.807, 2.05) is 67.8 Å². The third kappa shape index (κ3) is 4.80. The van der Waals surface area contributed by atoms with E-state index < -0.39 is 17.5 Å². The highest BCUT2D eigenvalue weighted by molar-refractivity contribution is 7.09. The maximum Gasteiger partial charge on any atom is 0.325 e. The number of nitrogens with one attached hydrogen (secondary N) is 2. The number of aromatic nitrogens is 1. The summed E-state index contributed by atoms with van der Waals surface area (Å²) < 4.78 is 0. The Kier molecular flexibility index (Phi) is 6.29. The number of hydrogen-bond donors (Lipinski definition) is 2. The van der Waals surface area contributed by atoms with Crippen LogP contribution in [0.5, 0.6) is 0 Å². The molecule has 2 aromatic carbocycles. The summed E-state index contributed by atoms with van der Waals surface area (Å²) in [5, 5.41) is 8.59. The number of carbonyl (C=O) groups is 3. The van der Waals surface area contributed by atoms with Crippen LogP contribution in [0.25, 0.3) is 11.3 Å². The molecule has 0 radical (unpaired) electrons. The molecule has 4 amide bonds. The molecular formula is C25H26N4O3S. The maximum absolute atomic E-state index is 13.0. The summed E-state index contributed by atoms with van der Waals surface area (Å²) in [7, 11) is 0. The van der Waals surface area contributed by atoms with Crippen LogP contribution in [0.1, 0.15) is 28.6 Å². The quantitative estimate of drug-likeness (QED) is 0.526. The zero-order chi connectivity index (χ0) is 23.6. The van der Waals surface area contributed by atoms with Crippen LogP contribution >= 0.6 is 11.3 Å². The third-order valence-corrected chi connectivity index (χ3v) is 6.58. The van der Waals surface area contributed by atoms with Crippen molar-refractivity contribution < 1.29 is 14.4 Å². The molecule has 1 aliphatic heterocycles. The SMILES string of the molecule is Cc1ccc(C2(C)NC(=O)N(CC(=O)NCCc3ccc(-c4csc(C)n4)cc3)C2=O)cc1. The van der Waals surface area contributed by atoms with Crippen molar-refractivity contribution in [3.63, 3.8) is 0 Å². The number of thiazole rings is 1. The molecule has 0 bridgehead atoms. The van der Waals surface area contributed by atoms with Crippen molar-refractivity contribution in [1.29, 1.82) is 0 Å². The van der Waals surface area contributed by atoms with Crippen LogP contribution in [-0.2, 0) is 21.5 Å². The molecule has 1 atom stereocenters. The summed E-state index contributed by atoms with van der Waals surface area (Å²) in [4.78, 5) is 43.3. The number of aryl methyl sites for hydroxylation is 2. The highest BCUT2D eigenvalue weighted by atomic mass is 32.1. The van der Waals surface area contributed by atoms with Gasteiger partial charge in [0.25, 0.3) is 5.91 Å². The average molecular weight is 463 g/mol. The zero-order valence-electron chi connectivity index (χ0n) is 18.8. The van der Waals surface area contributed by atoms with Gasteiger partial charge in [0.15, 0.2) is 0 Å². The van der Waals surface area contributed by atoms with E-state index >= 15 is 0 Å². The van der Waals surface area contributed by atoms with Crippen LogP contribution in [0.15, 0.2) is 53.9 Å². The molecule has 0 spiro atoms. The fourth-order valence-electron chi connectivity index (χ4n) is 3.81. The molecule has 2 heterocycles. The lowest BCUT2D eigenvalue weighted by molar-refractivity contribution is -0.134. The molecule has 170 valence electrons. The Bertz CT molecular complexity index is 1190. The highest BCUT2D eigenvalue weighted by Crippen LogP contribution is 2.29. The Morgan fingerprint density at radius 2 is 1.79 bits per heavy atom. The number of carbonyl (C=O) groups excluding carboxylic acids is 3. The van der Waals surface area contributed by atoms with E-state index in [4.69, 9.17) is 0 Å². The van der Waals surface area contributed by atoms with Gasteiger partial charge in [0.1, 0.15) is 12.1 Å². The monoisotopic (exact) mass is 462 g/mol. The van der Waals surface area contributed by atoms with Crippen molar-refractivity contribution in [2.24, 2.45) is 0 Å². The minimum absolute atomic E-state index is 0.311. The van der Waals surface area contributed by atoms with E-state index in [1.165, 1.54) is 0 Å². The fraction of sp³-hybridized carbons (Fsp3) is 0.280. The number of urea groups is 1. The van der Waals surface area contributed by atoms with Gasteiger partial charge >= 0.3 is 6.03 Å². The number of amides is 4. The smallest absolute Gasteiger partial charge is 0.325 e. The number of hydrogen-bond acceptors (Lipinski definition) is 5. The highest BCUT2D eigenvalue weighted by Gasteiger charge is 2.49. The van der Waals surface area contributed by atoms with Crippen LogP contribution in [0, 0.1) is 13.8 Å². The standard InChI is InChI=1S/C25H26N4O3S/c1-16-4-10-20(11-5-16)25(3)23(31)29(24(32)28-25)14-22(30)26-13-12-18-6-8-19(9-7-18)21-15-33-17(2)27-21/h4-11,15H,12-14H2,1-3H3,(H,26,30)(H,28,32). The molecule has 0 aliphatic carbocycles. The molecule has 33 heavy (non-hydrogen) atoms. The van der Waals surface area contributed by atoms with Crippen LogP contribution in [0.3, 0.4) is 0 Å². The zero-order valence-corrected chi connectivity index (χ0v) is 19.7. The Morgan fingerprint density at radius 1 is 1.09 bits per heavy atom. The molecule has 1 unspecified atom stereocenters. The van der Waals surface area contributed by atoms with Gasteiger partial charge in [-0.25, -0.2) is 9.78 Å². The van der Waals surface area contributed by atoms with Gasteiger partial charge in [-0.3, -0.25) is 14.5 Å². The first-order valence-corrected chi connectivity index (χ1v) is 11.6. The van der Waals surface area contributed by atoms with Gasteiger partial charge in [0.05, 0.1) is 10.7 Å². The van der Waals surface area contributed by atoms with Gasteiger partial charge in [-0.15, -0.1) is 11.3 Å². The molecule has 0 saturated carbocycles. The van der Waals surface area contributed by atoms with Crippen molar-refractivity contribution in [3.8, 4) is 11.3 Å². The number of imide groups is 1. The van der Waals surface area contributed by atoms with Crippen LogP contribution in [0.2, 0.25) is 0 Å².